The number of allylic oxidation sites excluding steroid dienone is 1. The minimum atomic E-state index is 0.759. The van der Waals surface area contributed by atoms with Crippen molar-refractivity contribution in [3.8, 4) is 0 Å². The lowest BCUT2D eigenvalue weighted by atomic mass is 9.84. The van der Waals surface area contributed by atoms with Gasteiger partial charge in [0, 0.05) is 4.83 Å². The second-order valence-corrected chi connectivity index (χ2v) is 5.04. The molecule has 1 aliphatic carbocycles. The van der Waals surface area contributed by atoms with Crippen LogP contribution in [0.3, 0.4) is 0 Å². The molecule has 2 atom stereocenters. The van der Waals surface area contributed by atoms with E-state index < -0.39 is 0 Å². The van der Waals surface area contributed by atoms with Crippen molar-refractivity contribution in [3.63, 3.8) is 0 Å². The lowest BCUT2D eigenvalue weighted by Gasteiger charge is -2.27. The molecule has 0 nitrogen and oxygen atoms in total. The minimum Gasteiger partial charge on any atom is -0.0999 e. The molecule has 0 aliphatic heterocycles. The zero-order valence-electron chi connectivity index (χ0n) is 7.98. The maximum absolute atomic E-state index is 4.08. The summed E-state index contributed by atoms with van der Waals surface area (Å²) in [5.41, 5.74) is 1.42. The summed E-state index contributed by atoms with van der Waals surface area (Å²) in [6, 6.07) is 0. The normalized spacial score (nSPS) is 30.2. The number of halogens is 1. The van der Waals surface area contributed by atoms with Crippen molar-refractivity contribution in [2.24, 2.45) is 5.92 Å². The molecule has 0 N–H and O–H groups in total. The Morgan fingerprint density at radius 1 is 1.42 bits per heavy atom. The molecule has 12 heavy (non-hydrogen) atoms. The maximum Gasteiger partial charge on any atom is 0.0177 e. The summed E-state index contributed by atoms with van der Waals surface area (Å²) < 4.78 is 0. The van der Waals surface area contributed by atoms with Crippen LogP contribution in [-0.4, -0.2) is 4.83 Å². The van der Waals surface area contributed by atoms with Gasteiger partial charge in [-0.1, -0.05) is 47.8 Å². The molecule has 1 fully saturated rings. The van der Waals surface area contributed by atoms with Crippen molar-refractivity contribution < 1.29 is 0 Å². The highest BCUT2D eigenvalue weighted by atomic mass is 79.9. The quantitative estimate of drug-likeness (QED) is 0.502. The molecule has 0 bridgehead atoms. The van der Waals surface area contributed by atoms with E-state index >= 15 is 0 Å². The third kappa shape index (κ3) is 2.93. The molecule has 0 heterocycles. The van der Waals surface area contributed by atoms with E-state index in [4.69, 9.17) is 0 Å². The number of hydrogen-bond acceptors (Lipinski definition) is 0. The number of rotatable bonds is 3. The van der Waals surface area contributed by atoms with Gasteiger partial charge in [0.2, 0.25) is 0 Å². The lowest BCUT2D eigenvalue weighted by Crippen LogP contribution is -2.19. The average Bonchev–Trinajstić information content (AvgIpc) is 2.09. The van der Waals surface area contributed by atoms with Gasteiger partial charge in [-0.25, -0.2) is 0 Å². The van der Waals surface area contributed by atoms with Gasteiger partial charge in [0.1, 0.15) is 0 Å². The Kier molecular flexibility index (Phi) is 4.34. The molecular weight excluding hydrogens is 212 g/mol. The first-order valence-electron chi connectivity index (χ1n) is 5.04. The summed E-state index contributed by atoms with van der Waals surface area (Å²) in [7, 11) is 0. The van der Waals surface area contributed by atoms with Crippen molar-refractivity contribution in [2.75, 3.05) is 0 Å². The number of alkyl halides is 1. The summed E-state index contributed by atoms with van der Waals surface area (Å²) in [6.45, 7) is 6.28. The first-order valence-corrected chi connectivity index (χ1v) is 5.96. The van der Waals surface area contributed by atoms with E-state index in [9.17, 15) is 0 Å². The third-order valence-electron chi connectivity index (χ3n) is 2.87. The van der Waals surface area contributed by atoms with Gasteiger partial charge in [-0.2, -0.15) is 0 Å². The van der Waals surface area contributed by atoms with Gasteiger partial charge in [-0.3, -0.25) is 0 Å². The Morgan fingerprint density at radius 2 is 2.08 bits per heavy atom. The molecule has 2 unspecified atom stereocenters. The monoisotopic (exact) mass is 230 g/mol. The Hall–Kier alpha value is 0.220. The Labute approximate surface area is 84.6 Å². The minimum absolute atomic E-state index is 0.759. The Bertz CT molecular complexity index is 151. The van der Waals surface area contributed by atoms with E-state index in [0.717, 1.165) is 17.2 Å². The van der Waals surface area contributed by atoms with Crippen molar-refractivity contribution >= 4 is 15.9 Å². The van der Waals surface area contributed by atoms with Crippen LogP contribution in [0.5, 0.6) is 0 Å². The first kappa shape index (κ1) is 10.3. The van der Waals surface area contributed by atoms with E-state index in [2.05, 4.69) is 29.4 Å². The van der Waals surface area contributed by atoms with E-state index in [1.807, 2.05) is 0 Å². The molecular formula is C11H19Br. The smallest absolute Gasteiger partial charge is 0.0177 e. The molecule has 0 saturated heterocycles. The fraction of sp³-hybridized carbons (Fsp3) is 0.818. The van der Waals surface area contributed by atoms with E-state index in [1.165, 1.54) is 37.7 Å². The van der Waals surface area contributed by atoms with Crippen molar-refractivity contribution in [2.45, 2.75) is 50.3 Å². The standard InChI is InChI=1S/C11H19Br/c1-3-9(2)8-10-6-4-5-7-11(10)12/h10-11H,2-8H2,1H3. The van der Waals surface area contributed by atoms with Crippen LogP contribution in [0.4, 0.5) is 0 Å². The SMILES string of the molecule is C=C(CC)CC1CCCCC1Br. The molecule has 0 aromatic carbocycles. The molecule has 1 saturated carbocycles. The van der Waals surface area contributed by atoms with Gasteiger partial charge in [-0.15, -0.1) is 0 Å². The van der Waals surface area contributed by atoms with Gasteiger partial charge >= 0.3 is 0 Å². The van der Waals surface area contributed by atoms with E-state index in [-0.39, 0.29) is 0 Å². The van der Waals surface area contributed by atoms with Crippen LogP contribution in [0.2, 0.25) is 0 Å². The van der Waals surface area contributed by atoms with Gasteiger partial charge in [-0.05, 0) is 31.6 Å². The number of hydrogen-bond donors (Lipinski definition) is 0. The highest BCUT2D eigenvalue weighted by molar-refractivity contribution is 9.09. The highest BCUT2D eigenvalue weighted by Gasteiger charge is 2.22. The van der Waals surface area contributed by atoms with Gasteiger partial charge in [0.05, 0.1) is 0 Å². The van der Waals surface area contributed by atoms with Crippen LogP contribution in [0, 0.1) is 5.92 Å². The van der Waals surface area contributed by atoms with Gasteiger partial charge < -0.3 is 0 Å². The molecule has 0 radical (unpaired) electrons. The lowest BCUT2D eigenvalue weighted by molar-refractivity contribution is 0.371. The van der Waals surface area contributed by atoms with Gasteiger partial charge in [0.15, 0.2) is 0 Å². The summed E-state index contributed by atoms with van der Waals surface area (Å²) >= 11 is 3.77. The summed E-state index contributed by atoms with van der Waals surface area (Å²) in [4.78, 5) is 0.759. The average molecular weight is 231 g/mol. The fourth-order valence-electron chi connectivity index (χ4n) is 1.91. The molecule has 0 amide bonds. The molecule has 1 heteroatoms. The predicted molar refractivity (Wildman–Crippen MR) is 58.7 cm³/mol. The van der Waals surface area contributed by atoms with Crippen LogP contribution >= 0.6 is 15.9 Å². The molecule has 0 aromatic heterocycles. The summed E-state index contributed by atoms with van der Waals surface area (Å²) in [5.74, 6) is 0.867. The maximum atomic E-state index is 4.08. The predicted octanol–water partition coefficient (Wildman–Crippen LogP) is 4.30. The van der Waals surface area contributed by atoms with Crippen LogP contribution in [0.15, 0.2) is 12.2 Å². The van der Waals surface area contributed by atoms with Crippen LogP contribution < -0.4 is 0 Å². The van der Waals surface area contributed by atoms with Crippen molar-refractivity contribution in [1.82, 2.24) is 0 Å². The molecule has 1 aliphatic rings. The zero-order valence-corrected chi connectivity index (χ0v) is 9.57. The van der Waals surface area contributed by atoms with Crippen LogP contribution in [0.1, 0.15) is 45.4 Å². The molecule has 1 rings (SSSR count). The van der Waals surface area contributed by atoms with Crippen molar-refractivity contribution in [1.29, 1.82) is 0 Å². The highest BCUT2D eigenvalue weighted by Crippen LogP contribution is 2.34. The largest absolute Gasteiger partial charge is 0.0999 e. The summed E-state index contributed by atoms with van der Waals surface area (Å²) in [5, 5.41) is 0. The second kappa shape index (κ2) is 5.06. The Balaban J connectivity index is 2.33. The van der Waals surface area contributed by atoms with Crippen LogP contribution in [0.25, 0.3) is 0 Å². The van der Waals surface area contributed by atoms with Gasteiger partial charge in [0.25, 0.3) is 0 Å². The second-order valence-electron chi connectivity index (χ2n) is 3.87. The van der Waals surface area contributed by atoms with Crippen LogP contribution in [-0.2, 0) is 0 Å². The van der Waals surface area contributed by atoms with E-state index in [1.54, 1.807) is 0 Å². The molecule has 0 spiro atoms. The fourth-order valence-corrected chi connectivity index (χ4v) is 2.68. The zero-order chi connectivity index (χ0) is 8.97. The van der Waals surface area contributed by atoms with Crippen molar-refractivity contribution in [3.05, 3.63) is 12.2 Å². The first-order chi connectivity index (χ1) is 5.74. The molecule has 0 aromatic rings. The third-order valence-corrected chi connectivity index (χ3v) is 4.07. The topological polar surface area (TPSA) is 0 Å². The van der Waals surface area contributed by atoms with E-state index in [0.29, 0.717) is 0 Å². The molecule has 70 valence electrons. The Morgan fingerprint density at radius 3 is 2.67 bits per heavy atom. The summed E-state index contributed by atoms with van der Waals surface area (Å²) in [6.07, 6.45) is 7.98.